The minimum Gasteiger partial charge on any atom is -0.456 e. The van der Waals surface area contributed by atoms with Gasteiger partial charge in [-0.15, -0.1) is 0 Å². The van der Waals surface area contributed by atoms with Gasteiger partial charge in [0.15, 0.2) is 0 Å². The zero-order chi connectivity index (χ0) is 78.2. The summed E-state index contributed by atoms with van der Waals surface area (Å²) in [5, 5.41) is 15.5. The smallest absolute Gasteiger partial charge is 0.143 e. The van der Waals surface area contributed by atoms with Crippen LogP contribution in [0.5, 0.6) is 0 Å². The molecule has 0 aliphatic heterocycles. The number of rotatable bonds is 12. The Hall–Kier alpha value is -15.0. The first-order chi connectivity index (χ1) is 58.0. The molecule has 0 spiro atoms. The van der Waals surface area contributed by atoms with Crippen LogP contribution in [0.1, 0.15) is 49.9 Å². The maximum absolute atomic E-state index is 7.52. The van der Waals surface area contributed by atoms with Crippen LogP contribution < -0.4 is 9.80 Å². The van der Waals surface area contributed by atoms with E-state index in [0.717, 1.165) is 178 Å². The molecular formula is C112H74N2O4. The Morgan fingerprint density at radius 3 is 0.992 bits per heavy atom. The van der Waals surface area contributed by atoms with E-state index < -0.39 is 0 Å². The summed E-state index contributed by atoms with van der Waals surface area (Å²) in [7, 11) is 0. The predicted molar refractivity (Wildman–Crippen MR) is 490 cm³/mol. The fourth-order valence-electron chi connectivity index (χ4n) is 19.8. The van der Waals surface area contributed by atoms with E-state index in [4.69, 9.17) is 17.7 Å². The average Bonchev–Trinajstić information content (AvgIpc) is 1.55. The first-order valence-corrected chi connectivity index (χ1v) is 40.7. The average molecular weight is 1510 g/mol. The van der Waals surface area contributed by atoms with Crippen LogP contribution in [-0.4, -0.2) is 0 Å². The van der Waals surface area contributed by atoms with E-state index in [1.807, 2.05) is 24.3 Å². The molecule has 2 aliphatic rings. The zero-order valence-electron chi connectivity index (χ0n) is 65.3. The number of nitrogens with zero attached hydrogens (tertiary/aromatic N) is 2. The molecule has 18 aromatic carbocycles. The number of benzene rings is 18. The Bertz CT molecular complexity index is 7390. The minimum absolute atomic E-state index is 0.249. The van der Waals surface area contributed by atoms with Crippen molar-refractivity contribution in [3.05, 3.63) is 398 Å². The fourth-order valence-corrected chi connectivity index (χ4v) is 19.8. The molecule has 22 aromatic rings. The molecule has 556 valence electrons. The second-order valence-electron chi connectivity index (χ2n) is 32.9. The number of hydrogen-bond donors (Lipinski definition) is 0. The largest absolute Gasteiger partial charge is 0.456 e. The highest BCUT2D eigenvalue weighted by Gasteiger charge is 2.40. The van der Waals surface area contributed by atoms with Crippen molar-refractivity contribution >= 4 is 132 Å². The van der Waals surface area contributed by atoms with E-state index in [-0.39, 0.29) is 10.8 Å². The maximum Gasteiger partial charge on any atom is 0.143 e. The molecule has 6 heteroatoms. The molecular weight excluding hydrogens is 1440 g/mol. The lowest BCUT2D eigenvalue weighted by Crippen LogP contribution is -2.17. The Kier molecular flexibility index (Phi) is 14.7. The summed E-state index contributed by atoms with van der Waals surface area (Å²) in [5.74, 6) is 3.28. The second-order valence-corrected chi connectivity index (χ2v) is 32.9. The summed E-state index contributed by atoms with van der Waals surface area (Å²) >= 11 is 0. The molecule has 0 fully saturated rings. The number of hydrogen-bond acceptors (Lipinski definition) is 6. The molecule has 0 saturated carbocycles. The number of para-hydroxylation sites is 2. The van der Waals surface area contributed by atoms with Crippen LogP contribution in [0.4, 0.5) is 34.1 Å². The summed E-state index contributed by atoms with van der Waals surface area (Å²) in [6.07, 6.45) is 0. The van der Waals surface area contributed by atoms with Gasteiger partial charge in [-0.3, -0.25) is 0 Å². The molecule has 2 aliphatic carbocycles. The zero-order valence-corrected chi connectivity index (χ0v) is 65.3. The second kappa shape index (κ2) is 25.8. The predicted octanol–water partition coefficient (Wildman–Crippen LogP) is 32.0. The Labute approximate surface area is 681 Å². The lowest BCUT2D eigenvalue weighted by molar-refractivity contribution is 0.631. The van der Waals surface area contributed by atoms with Gasteiger partial charge in [0.05, 0.1) is 11.4 Å². The lowest BCUT2D eigenvalue weighted by atomic mass is 9.81. The third-order valence-electron chi connectivity index (χ3n) is 25.6. The highest BCUT2D eigenvalue weighted by molar-refractivity contribution is 6.21. The first-order valence-electron chi connectivity index (χ1n) is 40.7. The van der Waals surface area contributed by atoms with Crippen LogP contribution in [0.15, 0.2) is 394 Å². The Balaban J connectivity index is 0.638. The molecule has 24 rings (SSSR count). The molecule has 0 unspecified atom stereocenters. The van der Waals surface area contributed by atoms with Crippen molar-refractivity contribution in [2.75, 3.05) is 9.80 Å². The Morgan fingerprint density at radius 1 is 0.212 bits per heavy atom. The van der Waals surface area contributed by atoms with Crippen LogP contribution >= 0.6 is 0 Å². The molecule has 0 atom stereocenters. The van der Waals surface area contributed by atoms with Crippen molar-refractivity contribution in [1.82, 2.24) is 0 Å². The van der Waals surface area contributed by atoms with Crippen molar-refractivity contribution in [1.29, 1.82) is 0 Å². The summed E-state index contributed by atoms with van der Waals surface area (Å²) in [4.78, 5) is 4.92. The molecule has 0 bridgehead atoms. The summed E-state index contributed by atoms with van der Waals surface area (Å²) < 4.78 is 27.9. The van der Waals surface area contributed by atoms with Gasteiger partial charge < -0.3 is 27.5 Å². The summed E-state index contributed by atoms with van der Waals surface area (Å²) in [5.41, 5.74) is 27.9. The van der Waals surface area contributed by atoms with Gasteiger partial charge in [-0.2, -0.15) is 0 Å². The van der Waals surface area contributed by atoms with Gasteiger partial charge in [-0.05, 0) is 234 Å². The van der Waals surface area contributed by atoms with E-state index in [0.29, 0.717) is 0 Å². The molecule has 0 N–H and O–H groups in total. The van der Waals surface area contributed by atoms with E-state index in [1.165, 1.54) is 66.1 Å². The molecule has 4 aromatic heterocycles. The molecule has 0 radical (unpaired) electrons. The molecule has 0 saturated heterocycles. The molecule has 6 nitrogen and oxygen atoms in total. The number of anilines is 6. The highest BCUT2D eigenvalue weighted by atomic mass is 16.3. The standard InChI is InChI=1S/C112H74N2O4/c1-111(2)93-35-19-17-33-89(93)105-85-31-15-13-29-83(85)97(65-95(105)111)113(81-53-47-71-59-77(41-39-73(71)61-81)101-63-75-27-11-21-37-99(75)115-101)79-49-43-69(44-50-79)107-103(67-23-7-5-8-24-67)91-57-55-88-87(109(91)117-107)56-58-92-104(68-25-9-6-10-26-68)108(118-110(88)92)70-45-51-80(52-46-70)114(82-54-48-72-60-78(42-40-74(72)62-82)102-64-76-28-12-22-38-100(76)116-102)98-66-96-106(86-32-16-14-30-84(86)98)90-34-18-20-36-94(90)112(96,3)4/h5-66H,1-4H3. The van der Waals surface area contributed by atoms with Gasteiger partial charge in [-0.25, -0.2) is 0 Å². The Morgan fingerprint density at radius 2 is 0.559 bits per heavy atom. The lowest BCUT2D eigenvalue weighted by Gasteiger charge is -2.30. The molecule has 4 heterocycles. The van der Waals surface area contributed by atoms with Crippen LogP contribution in [0.2, 0.25) is 0 Å². The normalized spacial score (nSPS) is 13.2. The van der Waals surface area contributed by atoms with Crippen LogP contribution in [0.3, 0.4) is 0 Å². The van der Waals surface area contributed by atoms with E-state index in [1.54, 1.807) is 0 Å². The minimum atomic E-state index is -0.249. The SMILES string of the molecule is CC1(C)c2ccccc2-c2c1cc(N(c1ccc(-c3oc4c(ccc5c4ccc4c(-c6ccccc6)c(-c6ccc(N(c7ccc8cc(-c9cc%10ccccc%10o9)ccc8c7)c7cc8c(c9ccccc79)-c7ccccc7C8(C)C)cc6)oc45)c3-c3ccccc3)cc1)c1ccc3cc(-c4cc5ccccc5o4)ccc3c1)c1ccccc21. The third kappa shape index (κ3) is 10.3. The highest BCUT2D eigenvalue weighted by Crippen LogP contribution is 2.58. The van der Waals surface area contributed by atoms with Crippen molar-refractivity contribution < 1.29 is 17.7 Å². The molecule has 118 heavy (non-hydrogen) atoms. The monoisotopic (exact) mass is 1510 g/mol. The van der Waals surface area contributed by atoms with Crippen molar-refractivity contribution in [2.45, 2.75) is 38.5 Å². The van der Waals surface area contributed by atoms with Gasteiger partial charge in [-0.1, -0.05) is 258 Å². The van der Waals surface area contributed by atoms with Crippen LogP contribution in [0.25, 0.3) is 188 Å². The van der Waals surface area contributed by atoms with Gasteiger partial charge in [0.25, 0.3) is 0 Å². The van der Waals surface area contributed by atoms with Crippen LogP contribution in [-0.2, 0) is 10.8 Å². The van der Waals surface area contributed by atoms with Crippen LogP contribution in [0, 0.1) is 0 Å². The van der Waals surface area contributed by atoms with Gasteiger partial charge in [0, 0.05) is 110 Å². The summed E-state index contributed by atoms with van der Waals surface area (Å²) in [6.45, 7) is 9.50. The van der Waals surface area contributed by atoms with Crippen molar-refractivity contribution in [3.63, 3.8) is 0 Å². The quantitative estimate of drug-likeness (QED) is 0.121. The first kappa shape index (κ1) is 67.5. The van der Waals surface area contributed by atoms with E-state index in [2.05, 4.69) is 389 Å². The fraction of sp³-hybridized carbons (Fsp3) is 0.0536. The topological polar surface area (TPSA) is 59.0 Å². The van der Waals surface area contributed by atoms with Gasteiger partial charge in [0.1, 0.15) is 45.4 Å². The third-order valence-corrected chi connectivity index (χ3v) is 25.6. The van der Waals surface area contributed by atoms with E-state index >= 15 is 0 Å². The number of furan rings is 4. The maximum atomic E-state index is 7.52. The summed E-state index contributed by atoms with van der Waals surface area (Å²) in [6, 6.07) is 137. The number of fused-ring (bicyclic) bond motifs is 19. The van der Waals surface area contributed by atoms with E-state index in [9.17, 15) is 0 Å². The van der Waals surface area contributed by atoms with Gasteiger partial charge in [0.2, 0.25) is 0 Å². The molecule has 0 amide bonds. The van der Waals surface area contributed by atoms with Crippen molar-refractivity contribution in [2.24, 2.45) is 0 Å². The van der Waals surface area contributed by atoms with Crippen molar-refractivity contribution in [3.8, 4) is 89.8 Å². The van der Waals surface area contributed by atoms with Gasteiger partial charge >= 0.3 is 0 Å².